The van der Waals surface area contributed by atoms with Gasteiger partial charge in [0.05, 0.1) is 22.9 Å². The summed E-state index contributed by atoms with van der Waals surface area (Å²) in [5.41, 5.74) is 4.66. The lowest BCUT2D eigenvalue weighted by Gasteiger charge is -2.14. The third kappa shape index (κ3) is 5.17. The standard InChI is InChI=1S/C16H18F3N3O2S/c1-2-7-24-13-4-3-10(16(17,18)19)8-11(13)22-15(23)12-9-25-14(21-12)5-6-20/h3-4,8-9H,2,5-7,20H2,1H3,(H,22,23). The summed E-state index contributed by atoms with van der Waals surface area (Å²) < 4.78 is 44.2. The lowest BCUT2D eigenvalue weighted by atomic mass is 10.1. The minimum Gasteiger partial charge on any atom is -0.491 e. The summed E-state index contributed by atoms with van der Waals surface area (Å²) in [7, 11) is 0. The molecule has 25 heavy (non-hydrogen) atoms. The first-order valence-corrected chi connectivity index (χ1v) is 8.53. The maximum Gasteiger partial charge on any atom is 0.416 e. The van der Waals surface area contributed by atoms with Crippen molar-refractivity contribution >= 4 is 22.9 Å². The number of aromatic nitrogens is 1. The number of alkyl halides is 3. The average molecular weight is 373 g/mol. The molecule has 1 aromatic carbocycles. The predicted octanol–water partition coefficient (Wildman–Crippen LogP) is 3.70. The zero-order valence-corrected chi connectivity index (χ0v) is 14.3. The number of thiazole rings is 1. The van der Waals surface area contributed by atoms with E-state index in [0.29, 0.717) is 31.0 Å². The van der Waals surface area contributed by atoms with Crippen molar-refractivity contribution in [1.29, 1.82) is 0 Å². The third-order valence-electron chi connectivity index (χ3n) is 3.16. The maximum absolute atomic E-state index is 12.9. The minimum absolute atomic E-state index is 0.0401. The Kier molecular flexibility index (Phi) is 6.38. The molecule has 0 radical (unpaired) electrons. The Balaban J connectivity index is 2.25. The van der Waals surface area contributed by atoms with Crippen LogP contribution in [0.4, 0.5) is 18.9 Å². The van der Waals surface area contributed by atoms with Gasteiger partial charge < -0.3 is 15.8 Å². The molecule has 0 spiro atoms. The monoisotopic (exact) mass is 373 g/mol. The molecule has 2 rings (SSSR count). The van der Waals surface area contributed by atoms with Crippen molar-refractivity contribution in [2.75, 3.05) is 18.5 Å². The second-order valence-electron chi connectivity index (χ2n) is 5.18. The Labute approximate surface area is 147 Å². The molecule has 1 heterocycles. The van der Waals surface area contributed by atoms with Crippen molar-refractivity contribution in [2.24, 2.45) is 5.73 Å². The second-order valence-corrected chi connectivity index (χ2v) is 6.12. The van der Waals surface area contributed by atoms with Crippen molar-refractivity contribution in [3.8, 4) is 5.75 Å². The summed E-state index contributed by atoms with van der Waals surface area (Å²) in [5, 5.41) is 4.69. The maximum atomic E-state index is 12.9. The van der Waals surface area contributed by atoms with E-state index in [1.807, 2.05) is 6.92 Å². The van der Waals surface area contributed by atoms with Gasteiger partial charge in [-0.3, -0.25) is 4.79 Å². The van der Waals surface area contributed by atoms with Crippen molar-refractivity contribution in [1.82, 2.24) is 4.98 Å². The number of nitrogens with one attached hydrogen (secondary N) is 1. The van der Waals surface area contributed by atoms with Crippen LogP contribution in [0.5, 0.6) is 5.75 Å². The molecule has 0 unspecified atom stereocenters. The molecule has 0 saturated carbocycles. The van der Waals surface area contributed by atoms with Crippen LogP contribution in [0, 0.1) is 0 Å². The van der Waals surface area contributed by atoms with Crippen LogP contribution < -0.4 is 15.8 Å². The molecule has 0 aliphatic heterocycles. The van der Waals surface area contributed by atoms with E-state index in [9.17, 15) is 18.0 Å². The molecule has 136 valence electrons. The summed E-state index contributed by atoms with van der Waals surface area (Å²) in [5.74, 6) is -0.416. The molecule has 9 heteroatoms. The summed E-state index contributed by atoms with van der Waals surface area (Å²) in [6, 6.07) is 2.98. The highest BCUT2D eigenvalue weighted by Crippen LogP contribution is 2.35. The number of ether oxygens (including phenoxy) is 1. The van der Waals surface area contributed by atoms with Gasteiger partial charge >= 0.3 is 6.18 Å². The summed E-state index contributed by atoms with van der Waals surface area (Å²) in [6.07, 6.45) is -3.30. The SMILES string of the molecule is CCCOc1ccc(C(F)(F)F)cc1NC(=O)c1csc(CCN)n1. The van der Waals surface area contributed by atoms with Crippen LogP contribution in [0.15, 0.2) is 23.6 Å². The van der Waals surface area contributed by atoms with Gasteiger partial charge in [-0.05, 0) is 31.2 Å². The van der Waals surface area contributed by atoms with Gasteiger partial charge in [-0.1, -0.05) is 6.92 Å². The molecule has 5 nitrogen and oxygen atoms in total. The van der Waals surface area contributed by atoms with Crippen LogP contribution in [0.1, 0.15) is 34.4 Å². The summed E-state index contributed by atoms with van der Waals surface area (Å²) in [4.78, 5) is 16.4. The first kappa shape index (κ1) is 19.2. The van der Waals surface area contributed by atoms with Crippen LogP contribution in [0.3, 0.4) is 0 Å². The smallest absolute Gasteiger partial charge is 0.416 e. The van der Waals surface area contributed by atoms with E-state index in [-0.39, 0.29) is 17.1 Å². The number of carbonyl (C=O) groups is 1. The van der Waals surface area contributed by atoms with Gasteiger partial charge in [0.1, 0.15) is 11.4 Å². The molecule has 0 aliphatic carbocycles. The Hall–Kier alpha value is -2.13. The van der Waals surface area contributed by atoms with E-state index in [1.165, 1.54) is 17.4 Å². The number of benzene rings is 1. The molecular weight excluding hydrogens is 355 g/mol. The van der Waals surface area contributed by atoms with Gasteiger partial charge in [0.15, 0.2) is 0 Å². The van der Waals surface area contributed by atoms with Crippen molar-refractivity contribution < 1.29 is 22.7 Å². The van der Waals surface area contributed by atoms with Gasteiger partial charge in [0, 0.05) is 11.8 Å². The Bertz CT molecular complexity index is 732. The second kappa shape index (κ2) is 8.30. The lowest BCUT2D eigenvalue weighted by molar-refractivity contribution is -0.137. The number of carbonyl (C=O) groups excluding carboxylic acids is 1. The van der Waals surface area contributed by atoms with Gasteiger partial charge in [0.25, 0.3) is 5.91 Å². The van der Waals surface area contributed by atoms with E-state index in [1.54, 1.807) is 5.38 Å². The molecule has 0 atom stereocenters. The van der Waals surface area contributed by atoms with Crippen molar-refractivity contribution in [2.45, 2.75) is 25.9 Å². The number of hydrogen-bond acceptors (Lipinski definition) is 5. The van der Waals surface area contributed by atoms with Gasteiger partial charge in [0.2, 0.25) is 0 Å². The molecule has 1 aromatic heterocycles. The van der Waals surface area contributed by atoms with E-state index in [4.69, 9.17) is 10.5 Å². The number of amides is 1. The largest absolute Gasteiger partial charge is 0.491 e. The minimum atomic E-state index is -4.52. The Morgan fingerprint density at radius 2 is 2.16 bits per heavy atom. The fourth-order valence-electron chi connectivity index (χ4n) is 1.98. The zero-order valence-electron chi connectivity index (χ0n) is 13.5. The van der Waals surface area contributed by atoms with Crippen LogP contribution in [0.25, 0.3) is 0 Å². The van der Waals surface area contributed by atoms with Gasteiger partial charge in [-0.2, -0.15) is 13.2 Å². The van der Waals surface area contributed by atoms with Crippen molar-refractivity contribution in [3.05, 3.63) is 39.8 Å². The van der Waals surface area contributed by atoms with Crippen molar-refractivity contribution in [3.63, 3.8) is 0 Å². The summed E-state index contributed by atoms with van der Waals surface area (Å²) >= 11 is 1.28. The molecule has 3 N–H and O–H groups in total. The quantitative estimate of drug-likeness (QED) is 0.776. The molecule has 1 amide bonds. The molecule has 0 bridgehead atoms. The van der Waals surface area contributed by atoms with Gasteiger partial charge in [-0.25, -0.2) is 4.98 Å². The molecule has 2 aromatic rings. The zero-order chi connectivity index (χ0) is 18.4. The topological polar surface area (TPSA) is 77.2 Å². The highest BCUT2D eigenvalue weighted by atomic mass is 32.1. The number of nitrogens with two attached hydrogens (primary N) is 1. The van der Waals surface area contributed by atoms with E-state index >= 15 is 0 Å². The van der Waals surface area contributed by atoms with E-state index in [0.717, 1.165) is 12.1 Å². The highest BCUT2D eigenvalue weighted by Gasteiger charge is 2.31. The lowest BCUT2D eigenvalue weighted by Crippen LogP contribution is -2.15. The van der Waals surface area contributed by atoms with Crippen LogP contribution in [0.2, 0.25) is 0 Å². The highest BCUT2D eigenvalue weighted by molar-refractivity contribution is 7.09. The fourth-order valence-corrected chi connectivity index (χ4v) is 2.78. The number of rotatable bonds is 7. The third-order valence-corrected chi connectivity index (χ3v) is 4.07. The number of halogens is 3. The van der Waals surface area contributed by atoms with Crippen LogP contribution >= 0.6 is 11.3 Å². The van der Waals surface area contributed by atoms with Crippen LogP contribution in [-0.2, 0) is 12.6 Å². The molecule has 0 saturated heterocycles. The number of nitrogens with zero attached hydrogens (tertiary/aromatic N) is 1. The number of anilines is 1. The normalized spacial score (nSPS) is 11.4. The summed E-state index contributed by atoms with van der Waals surface area (Å²) in [6.45, 7) is 2.60. The van der Waals surface area contributed by atoms with E-state index in [2.05, 4.69) is 10.3 Å². The fraction of sp³-hybridized carbons (Fsp3) is 0.375. The Morgan fingerprint density at radius 1 is 1.40 bits per heavy atom. The molecule has 0 aliphatic rings. The number of hydrogen-bond donors (Lipinski definition) is 2. The first-order valence-electron chi connectivity index (χ1n) is 7.65. The predicted molar refractivity (Wildman–Crippen MR) is 90.1 cm³/mol. The molecule has 0 fully saturated rings. The molecular formula is C16H18F3N3O2S. The van der Waals surface area contributed by atoms with E-state index < -0.39 is 17.6 Å². The Morgan fingerprint density at radius 3 is 2.80 bits per heavy atom. The average Bonchev–Trinajstić information content (AvgIpc) is 3.02. The van der Waals surface area contributed by atoms with Crippen LogP contribution in [-0.4, -0.2) is 24.0 Å². The first-order chi connectivity index (χ1) is 11.8. The van der Waals surface area contributed by atoms with Gasteiger partial charge in [-0.15, -0.1) is 11.3 Å².